The van der Waals surface area contributed by atoms with Crippen LogP contribution in [0, 0.1) is 10.1 Å². The Morgan fingerprint density at radius 2 is 2.21 bits per heavy atom. The Morgan fingerprint density at radius 1 is 1.37 bits per heavy atom. The zero-order valence-corrected chi connectivity index (χ0v) is 10.5. The van der Waals surface area contributed by atoms with E-state index in [1.54, 1.807) is 18.2 Å². The molecule has 0 aliphatic heterocycles. The van der Waals surface area contributed by atoms with E-state index < -0.39 is 4.92 Å². The topological polar surface area (TPSA) is 65.5 Å². The average molecular weight is 261 g/mol. The quantitative estimate of drug-likeness (QED) is 0.326. The van der Waals surface area contributed by atoms with Gasteiger partial charge in [0.2, 0.25) is 0 Å². The van der Waals surface area contributed by atoms with E-state index >= 15 is 0 Å². The van der Waals surface area contributed by atoms with Crippen molar-refractivity contribution in [3.05, 3.63) is 47.0 Å². The van der Waals surface area contributed by atoms with Gasteiger partial charge in [0.05, 0.1) is 12.7 Å². The molecule has 0 N–H and O–H groups in total. The number of nitro groups is 1. The van der Waals surface area contributed by atoms with Crippen LogP contribution >= 0.6 is 0 Å². The number of fused-ring (bicyclic) bond motifs is 1. The van der Waals surface area contributed by atoms with E-state index in [-0.39, 0.29) is 5.88 Å². The number of furan rings is 1. The summed E-state index contributed by atoms with van der Waals surface area (Å²) in [4.78, 5) is 10.1. The summed E-state index contributed by atoms with van der Waals surface area (Å²) in [6.07, 6.45) is 4.87. The van der Waals surface area contributed by atoms with Crippen LogP contribution in [0.25, 0.3) is 11.0 Å². The Hall–Kier alpha value is -2.30. The van der Waals surface area contributed by atoms with Gasteiger partial charge in [-0.2, -0.15) is 0 Å². The van der Waals surface area contributed by atoms with Crippen LogP contribution in [-0.2, 0) is 0 Å². The fraction of sp³-hybridized carbons (Fsp3) is 0.286. The van der Waals surface area contributed by atoms with E-state index in [1.807, 2.05) is 6.08 Å². The summed E-state index contributed by atoms with van der Waals surface area (Å²) in [5.41, 5.74) is 0.491. The Morgan fingerprint density at radius 3 is 2.95 bits per heavy atom. The molecule has 1 aromatic carbocycles. The van der Waals surface area contributed by atoms with E-state index in [1.165, 1.54) is 6.07 Å². The van der Waals surface area contributed by atoms with Crippen molar-refractivity contribution < 1.29 is 14.1 Å². The molecule has 2 aromatic rings. The normalized spacial score (nSPS) is 10.5. The number of nitrogens with zero attached hydrogens (tertiary/aromatic N) is 1. The Kier molecular flexibility index (Phi) is 4.18. The second-order valence-electron chi connectivity index (χ2n) is 4.17. The maximum Gasteiger partial charge on any atom is 0.434 e. The van der Waals surface area contributed by atoms with Crippen molar-refractivity contribution in [1.29, 1.82) is 0 Å². The first-order valence-corrected chi connectivity index (χ1v) is 6.12. The van der Waals surface area contributed by atoms with E-state index in [4.69, 9.17) is 9.15 Å². The number of benzene rings is 1. The average Bonchev–Trinajstić information content (AvgIpc) is 2.82. The van der Waals surface area contributed by atoms with Gasteiger partial charge in [-0.15, -0.1) is 6.58 Å². The molecule has 0 bridgehead atoms. The molecular weight excluding hydrogens is 246 g/mol. The van der Waals surface area contributed by atoms with Crippen LogP contribution in [0.4, 0.5) is 5.88 Å². The lowest BCUT2D eigenvalue weighted by atomic mass is 10.2. The molecule has 2 rings (SSSR count). The number of ether oxygens (including phenoxy) is 1. The molecule has 0 unspecified atom stereocenters. The molecular formula is C14H15NO4. The van der Waals surface area contributed by atoms with Crippen molar-refractivity contribution in [2.75, 3.05) is 6.61 Å². The highest BCUT2D eigenvalue weighted by Crippen LogP contribution is 2.28. The minimum Gasteiger partial charge on any atom is -0.494 e. The van der Waals surface area contributed by atoms with Gasteiger partial charge in [-0.25, -0.2) is 0 Å². The zero-order valence-electron chi connectivity index (χ0n) is 10.5. The summed E-state index contributed by atoms with van der Waals surface area (Å²) in [5, 5.41) is 11.3. The first-order chi connectivity index (χ1) is 9.20. The van der Waals surface area contributed by atoms with Crippen LogP contribution in [0.1, 0.15) is 19.3 Å². The largest absolute Gasteiger partial charge is 0.494 e. The summed E-state index contributed by atoms with van der Waals surface area (Å²) in [7, 11) is 0. The minimum atomic E-state index is -0.546. The van der Waals surface area contributed by atoms with E-state index in [2.05, 4.69) is 6.58 Å². The van der Waals surface area contributed by atoms with Gasteiger partial charge in [0, 0.05) is 5.39 Å². The fourth-order valence-electron chi connectivity index (χ4n) is 1.77. The van der Waals surface area contributed by atoms with Gasteiger partial charge in [0.15, 0.2) is 0 Å². The number of hydrogen-bond acceptors (Lipinski definition) is 4. The second-order valence-corrected chi connectivity index (χ2v) is 4.17. The Labute approximate surface area is 110 Å². The molecule has 0 saturated carbocycles. The lowest BCUT2D eigenvalue weighted by Gasteiger charge is -2.04. The predicted molar refractivity (Wildman–Crippen MR) is 72.4 cm³/mol. The molecule has 0 atom stereocenters. The molecule has 0 fully saturated rings. The highest BCUT2D eigenvalue weighted by atomic mass is 16.6. The number of unbranched alkanes of at least 4 members (excludes halogenated alkanes) is 2. The maximum atomic E-state index is 10.6. The third kappa shape index (κ3) is 3.34. The summed E-state index contributed by atoms with van der Waals surface area (Å²) in [6, 6.07) is 6.59. The highest BCUT2D eigenvalue weighted by Gasteiger charge is 2.13. The molecule has 0 spiro atoms. The van der Waals surface area contributed by atoms with Gasteiger partial charge >= 0.3 is 5.88 Å². The lowest BCUT2D eigenvalue weighted by molar-refractivity contribution is -0.401. The maximum absolute atomic E-state index is 10.6. The Balaban J connectivity index is 2.00. The van der Waals surface area contributed by atoms with Crippen molar-refractivity contribution in [2.45, 2.75) is 19.3 Å². The molecule has 0 radical (unpaired) electrons. The molecule has 0 aliphatic rings. The van der Waals surface area contributed by atoms with Crippen molar-refractivity contribution in [3.8, 4) is 5.75 Å². The molecule has 1 aromatic heterocycles. The van der Waals surface area contributed by atoms with Crippen molar-refractivity contribution in [1.82, 2.24) is 0 Å². The fourth-order valence-corrected chi connectivity index (χ4v) is 1.77. The first-order valence-electron chi connectivity index (χ1n) is 6.12. The molecule has 5 heteroatoms. The van der Waals surface area contributed by atoms with Gasteiger partial charge in [-0.1, -0.05) is 6.08 Å². The summed E-state index contributed by atoms with van der Waals surface area (Å²) < 4.78 is 10.7. The number of hydrogen-bond donors (Lipinski definition) is 0. The van der Waals surface area contributed by atoms with Gasteiger partial charge in [0.1, 0.15) is 16.3 Å². The van der Waals surface area contributed by atoms with Crippen LogP contribution in [0.5, 0.6) is 5.75 Å². The van der Waals surface area contributed by atoms with Crippen molar-refractivity contribution in [2.24, 2.45) is 0 Å². The molecule has 1 heterocycles. The third-order valence-corrected chi connectivity index (χ3v) is 2.73. The predicted octanol–water partition coefficient (Wildman–Crippen LogP) is 4.08. The van der Waals surface area contributed by atoms with Gasteiger partial charge in [0.25, 0.3) is 0 Å². The molecule has 0 aliphatic carbocycles. The molecule has 5 nitrogen and oxygen atoms in total. The molecule has 19 heavy (non-hydrogen) atoms. The van der Waals surface area contributed by atoms with Crippen molar-refractivity contribution >= 4 is 16.9 Å². The van der Waals surface area contributed by atoms with Crippen LogP contribution in [0.2, 0.25) is 0 Å². The number of rotatable bonds is 7. The summed E-state index contributed by atoms with van der Waals surface area (Å²) in [6.45, 7) is 4.29. The lowest BCUT2D eigenvalue weighted by Crippen LogP contribution is -1.96. The highest BCUT2D eigenvalue weighted by molar-refractivity contribution is 5.81. The van der Waals surface area contributed by atoms with E-state index in [0.717, 1.165) is 19.3 Å². The smallest absolute Gasteiger partial charge is 0.434 e. The van der Waals surface area contributed by atoms with Crippen LogP contribution in [0.15, 0.2) is 41.3 Å². The summed E-state index contributed by atoms with van der Waals surface area (Å²) in [5.74, 6) is 0.444. The molecule has 0 amide bonds. The van der Waals surface area contributed by atoms with Crippen LogP contribution in [0.3, 0.4) is 0 Å². The summed E-state index contributed by atoms with van der Waals surface area (Å²) >= 11 is 0. The minimum absolute atomic E-state index is 0.252. The van der Waals surface area contributed by atoms with Crippen molar-refractivity contribution in [3.63, 3.8) is 0 Å². The zero-order chi connectivity index (χ0) is 13.7. The van der Waals surface area contributed by atoms with Gasteiger partial charge in [-0.05, 0) is 37.5 Å². The second kappa shape index (κ2) is 6.04. The Bertz CT molecular complexity index is 588. The van der Waals surface area contributed by atoms with E-state index in [0.29, 0.717) is 23.3 Å². The van der Waals surface area contributed by atoms with Gasteiger partial charge < -0.3 is 9.15 Å². The van der Waals surface area contributed by atoms with E-state index in [9.17, 15) is 10.1 Å². The molecule has 0 saturated heterocycles. The van der Waals surface area contributed by atoms with Crippen LogP contribution < -0.4 is 4.74 Å². The SMILES string of the molecule is C=CCCCCOc1ccc2oc([N+](=O)[O-])cc2c1. The monoisotopic (exact) mass is 261 g/mol. The van der Waals surface area contributed by atoms with Crippen LogP contribution in [-0.4, -0.2) is 11.5 Å². The number of allylic oxidation sites excluding steroid dienone is 1. The van der Waals surface area contributed by atoms with Gasteiger partial charge in [-0.3, -0.25) is 10.1 Å². The third-order valence-electron chi connectivity index (χ3n) is 2.73. The molecule has 100 valence electrons. The standard InChI is InChI=1S/C14H15NO4/c1-2-3-4-5-8-18-12-6-7-13-11(9-12)10-14(19-13)15(16)17/h2,6-7,9-10H,1,3-5,8H2. The first kappa shape index (κ1) is 13.1.